The van der Waals surface area contributed by atoms with E-state index in [4.69, 9.17) is 9.84 Å². The van der Waals surface area contributed by atoms with Crippen LogP contribution in [0, 0.1) is 0 Å². The lowest BCUT2D eigenvalue weighted by Crippen LogP contribution is -2.37. The Labute approximate surface area is 90.2 Å². The van der Waals surface area contributed by atoms with Gasteiger partial charge >= 0.3 is 0 Å². The van der Waals surface area contributed by atoms with Crippen molar-refractivity contribution in [2.75, 3.05) is 26.2 Å². The molecule has 1 amide bonds. The van der Waals surface area contributed by atoms with Crippen LogP contribution in [0.25, 0.3) is 0 Å². The topological polar surface area (TPSA) is 70.6 Å². The molecule has 0 aromatic heterocycles. The summed E-state index contributed by atoms with van der Waals surface area (Å²) in [6.45, 7) is 3.93. The van der Waals surface area contributed by atoms with Crippen LogP contribution in [-0.4, -0.2) is 49.5 Å². The first-order valence-electron chi connectivity index (χ1n) is 5.45. The largest absolute Gasteiger partial charge is 0.392 e. The van der Waals surface area contributed by atoms with Crippen LogP contribution in [-0.2, 0) is 9.53 Å². The Bertz CT molecular complexity index is 191. The summed E-state index contributed by atoms with van der Waals surface area (Å²) in [5.41, 5.74) is 0. The number of carbonyl (C=O) groups excluding carboxylic acids is 1. The van der Waals surface area contributed by atoms with Crippen molar-refractivity contribution in [3.05, 3.63) is 0 Å². The summed E-state index contributed by atoms with van der Waals surface area (Å²) >= 11 is 0. The first kappa shape index (κ1) is 12.4. The van der Waals surface area contributed by atoms with E-state index in [1.165, 1.54) is 0 Å². The van der Waals surface area contributed by atoms with Gasteiger partial charge in [0.25, 0.3) is 0 Å². The molecule has 1 unspecified atom stereocenters. The normalized spacial score (nSPS) is 19.9. The first-order chi connectivity index (χ1) is 7.18. The van der Waals surface area contributed by atoms with Crippen molar-refractivity contribution in [3.63, 3.8) is 0 Å². The molecule has 0 aromatic carbocycles. The second kappa shape index (κ2) is 6.76. The number of piperidine rings is 1. The third kappa shape index (κ3) is 5.71. The summed E-state index contributed by atoms with van der Waals surface area (Å²) in [6.07, 6.45) is 1.62. The molecule has 15 heavy (non-hydrogen) atoms. The lowest BCUT2D eigenvalue weighted by molar-refractivity contribution is -0.128. The summed E-state index contributed by atoms with van der Waals surface area (Å²) in [5, 5.41) is 14.8. The minimum atomic E-state index is -0.507. The number of rotatable bonds is 5. The van der Waals surface area contributed by atoms with Crippen LogP contribution in [0.5, 0.6) is 0 Å². The maximum atomic E-state index is 11.2. The fourth-order valence-corrected chi connectivity index (χ4v) is 1.47. The molecule has 88 valence electrons. The zero-order chi connectivity index (χ0) is 11.1. The number of nitrogens with one attached hydrogen (secondary N) is 2. The molecule has 3 N–H and O–H groups in total. The molecule has 1 aliphatic heterocycles. The number of carbonyl (C=O) groups is 1. The summed E-state index contributed by atoms with van der Waals surface area (Å²) in [6, 6.07) is 0. The van der Waals surface area contributed by atoms with Crippen molar-refractivity contribution in [2.24, 2.45) is 0 Å². The van der Waals surface area contributed by atoms with E-state index in [0.29, 0.717) is 0 Å². The Morgan fingerprint density at radius 1 is 1.60 bits per heavy atom. The predicted octanol–water partition coefficient (Wildman–Crippen LogP) is -0.748. The third-order valence-corrected chi connectivity index (χ3v) is 2.33. The number of hydrogen-bond donors (Lipinski definition) is 3. The molecule has 0 saturated carbocycles. The molecule has 5 heteroatoms. The van der Waals surface area contributed by atoms with E-state index in [-0.39, 0.29) is 25.2 Å². The van der Waals surface area contributed by atoms with Crippen LogP contribution < -0.4 is 10.6 Å². The molecule has 1 heterocycles. The minimum absolute atomic E-state index is 0.0946. The molecule has 0 radical (unpaired) electrons. The standard InChI is InChI=1S/C10H20N2O3/c1-8(13)6-12-10(14)7-15-9-2-4-11-5-3-9/h8-9,11,13H,2-7H2,1H3,(H,12,14). The summed E-state index contributed by atoms with van der Waals surface area (Å²) < 4.78 is 5.44. The average molecular weight is 216 g/mol. The van der Waals surface area contributed by atoms with Gasteiger partial charge in [0.05, 0.1) is 12.2 Å². The fraction of sp³-hybridized carbons (Fsp3) is 0.900. The van der Waals surface area contributed by atoms with E-state index < -0.39 is 6.10 Å². The van der Waals surface area contributed by atoms with Crippen LogP contribution in [0.3, 0.4) is 0 Å². The van der Waals surface area contributed by atoms with Crippen LogP contribution in [0.4, 0.5) is 0 Å². The number of hydrogen-bond acceptors (Lipinski definition) is 4. The van der Waals surface area contributed by atoms with Gasteiger partial charge in [-0.3, -0.25) is 4.79 Å². The van der Waals surface area contributed by atoms with Crippen molar-refractivity contribution < 1.29 is 14.6 Å². The van der Waals surface area contributed by atoms with E-state index >= 15 is 0 Å². The van der Waals surface area contributed by atoms with Crippen molar-refractivity contribution in [1.82, 2.24) is 10.6 Å². The number of ether oxygens (including phenoxy) is 1. The molecular weight excluding hydrogens is 196 g/mol. The highest BCUT2D eigenvalue weighted by Crippen LogP contribution is 2.06. The van der Waals surface area contributed by atoms with E-state index in [1.54, 1.807) is 6.92 Å². The van der Waals surface area contributed by atoms with Crippen molar-refractivity contribution in [1.29, 1.82) is 0 Å². The third-order valence-electron chi connectivity index (χ3n) is 2.33. The summed E-state index contributed by atoms with van der Waals surface area (Å²) in [4.78, 5) is 11.2. The Balaban J connectivity index is 2.05. The van der Waals surface area contributed by atoms with Crippen molar-refractivity contribution in [3.8, 4) is 0 Å². The second-order valence-corrected chi connectivity index (χ2v) is 3.91. The molecule has 1 saturated heterocycles. The zero-order valence-electron chi connectivity index (χ0n) is 9.16. The Kier molecular flexibility index (Phi) is 5.60. The van der Waals surface area contributed by atoms with Crippen LogP contribution in [0.15, 0.2) is 0 Å². The summed E-state index contributed by atoms with van der Waals surface area (Å²) in [7, 11) is 0. The fourth-order valence-electron chi connectivity index (χ4n) is 1.47. The molecule has 1 aliphatic rings. The van der Waals surface area contributed by atoms with Gasteiger partial charge in [-0.05, 0) is 32.9 Å². The molecule has 1 fully saturated rings. The molecule has 1 atom stereocenters. The van der Waals surface area contributed by atoms with Gasteiger partial charge in [0, 0.05) is 6.54 Å². The lowest BCUT2D eigenvalue weighted by atomic mass is 10.1. The quantitative estimate of drug-likeness (QED) is 0.565. The minimum Gasteiger partial charge on any atom is -0.392 e. The molecule has 5 nitrogen and oxygen atoms in total. The van der Waals surface area contributed by atoms with Gasteiger partial charge in [-0.2, -0.15) is 0 Å². The zero-order valence-corrected chi connectivity index (χ0v) is 9.16. The van der Waals surface area contributed by atoms with E-state index in [9.17, 15) is 4.79 Å². The molecule has 0 spiro atoms. The van der Waals surface area contributed by atoms with Gasteiger partial charge < -0.3 is 20.5 Å². The Hall–Kier alpha value is -0.650. The predicted molar refractivity (Wildman–Crippen MR) is 56.5 cm³/mol. The molecule has 1 rings (SSSR count). The molecule has 0 aliphatic carbocycles. The van der Waals surface area contributed by atoms with Crippen molar-refractivity contribution >= 4 is 5.91 Å². The lowest BCUT2D eigenvalue weighted by Gasteiger charge is -2.22. The highest BCUT2D eigenvalue weighted by Gasteiger charge is 2.14. The van der Waals surface area contributed by atoms with Gasteiger partial charge in [-0.1, -0.05) is 0 Å². The number of aliphatic hydroxyl groups is 1. The maximum absolute atomic E-state index is 11.2. The van der Waals surface area contributed by atoms with Crippen LogP contribution >= 0.6 is 0 Å². The molecule has 0 bridgehead atoms. The van der Waals surface area contributed by atoms with Gasteiger partial charge in [0.2, 0.25) is 5.91 Å². The van der Waals surface area contributed by atoms with Crippen LogP contribution in [0.1, 0.15) is 19.8 Å². The van der Waals surface area contributed by atoms with Gasteiger partial charge in [0.1, 0.15) is 6.61 Å². The number of aliphatic hydroxyl groups excluding tert-OH is 1. The van der Waals surface area contributed by atoms with E-state index in [1.807, 2.05) is 0 Å². The SMILES string of the molecule is CC(O)CNC(=O)COC1CCNCC1. The number of amides is 1. The smallest absolute Gasteiger partial charge is 0.246 e. The monoisotopic (exact) mass is 216 g/mol. The van der Waals surface area contributed by atoms with Gasteiger partial charge in [-0.25, -0.2) is 0 Å². The van der Waals surface area contributed by atoms with Crippen LogP contribution in [0.2, 0.25) is 0 Å². The maximum Gasteiger partial charge on any atom is 0.246 e. The highest BCUT2D eigenvalue weighted by molar-refractivity contribution is 5.77. The van der Waals surface area contributed by atoms with Crippen molar-refractivity contribution in [2.45, 2.75) is 32.0 Å². The Morgan fingerprint density at radius 3 is 2.87 bits per heavy atom. The Morgan fingerprint density at radius 2 is 2.27 bits per heavy atom. The van der Waals surface area contributed by atoms with E-state index in [2.05, 4.69) is 10.6 Å². The summed E-state index contributed by atoms with van der Waals surface area (Å²) in [5.74, 6) is -0.158. The van der Waals surface area contributed by atoms with Gasteiger partial charge in [-0.15, -0.1) is 0 Å². The van der Waals surface area contributed by atoms with Gasteiger partial charge in [0.15, 0.2) is 0 Å². The van der Waals surface area contributed by atoms with E-state index in [0.717, 1.165) is 25.9 Å². The second-order valence-electron chi connectivity index (χ2n) is 3.91. The average Bonchev–Trinajstić information content (AvgIpc) is 2.25. The first-order valence-corrected chi connectivity index (χ1v) is 5.45. The molecule has 0 aromatic rings. The highest BCUT2D eigenvalue weighted by atomic mass is 16.5. The molecular formula is C10H20N2O3.